The topological polar surface area (TPSA) is 89.3 Å². The van der Waals surface area contributed by atoms with E-state index in [0.717, 1.165) is 0 Å². The SMILES string of the molecule is CC(=O)c1cccc(NC(=O)Cc2ccccc2[N+](=O)[O-])c1. The normalized spacial score (nSPS) is 10.0. The van der Waals surface area contributed by atoms with E-state index in [1.165, 1.54) is 13.0 Å². The van der Waals surface area contributed by atoms with Crippen LogP contribution in [0, 0.1) is 10.1 Å². The summed E-state index contributed by atoms with van der Waals surface area (Å²) in [5.41, 5.74) is 1.22. The summed E-state index contributed by atoms with van der Waals surface area (Å²) in [5.74, 6) is -0.482. The van der Waals surface area contributed by atoms with Gasteiger partial charge in [-0.05, 0) is 19.1 Å². The van der Waals surface area contributed by atoms with E-state index in [4.69, 9.17) is 0 Å². The Labute approximate surface area is 126 Å². The Morgan fingerprint density at radius 3 is 2.55 bits per heavy atom. The average molecular weight is 298 g/mol. The smallest absolute Gasteiger partial charge is 0.273 e. The molecule has 2 rings (SSSR count). The summed E-state index contributed by atoms with van der Waals surface area (Å²) >= 11 is 0. The molecule has 0 radical (unpaired) electrons. The van der Waals surface area contributed by atoms with Crippen molar-refractivity contribution in [3.63, 3.8) is 0 Å². The molecule has 0 atom stereocenters. The number of nitrogens with zero attached hydrogens (tertiary/aromatic N) is 1. The summed E-state index contributed by atoms with van der Waals surface area (Å²) in [7, 11) is 0. The van der Waals surface area contributed by atoms with Crippen LogP contribution in [-0.4, -0.2) is 16.6 Å². The molecule has 1 amide bonds. The standard InChI is InChI=1S/C16H14N2O4/c1-11(19)12-6-4-7-14(9-12)17-16(20)10-13-5-2-3-8-15(13)18(21)22/h2-9H,10H2,1H3,(H,17,20). The first-order valence-corrected chi connectivity index (χ1v) is 6.60. The van der Waals surface area contributed by atoms with Crippen molar-refractivity contribution in [1.29, 1.82) is 0 Å². The van der Waals surface area contributed by atoms with Gasteiger partial charge in [0.1, 0.15) is 0 Å². The second kappa shape index (κ2) is 6.62. The molecule has 2 aromatic carbocycles. The summed E-state index contributed by atoms with van der Waals surface area (Å²) in [6.45, 7) is 1.44. The highest BCUT2D eigenvalue weighted by atomic mass is 16.6. The van der Waals surface area contributed by atoms with Gasteiger partial charge in [0.05, 0.1) is 11.3 Å². The number of carbonyl (C=O) groups excluding carboxylic acids is 2. The summed E-state index contributed by atoms with van der Waals surface area (Å²) in [4.78, 5) is 33.7. The molecular formula is C16H14N2O4. The Morgan fingerprint density at radius 1 is 1.14 bits per heavy atom. The van der Waals surface area contributed by atoms with Crippen LogP contribution in [0.15, 0.2) is 48.5 Å². The number of para-hydroxylation sites is 1. The number of benzene rings is 2. The average Bonchev–Trinajstić information content (AvgIpc) is 2.47. The van der Waals surface area contributed by atoms with Gasteiger partial charge in [0.25, 0.3) is 5.69 Å². The highest BCUT2D eigenvalue weighted by molar-refractivity contribution is 5.97. The Morgan fingerprint density at radius 2 is 1.86 bits per heavy atom. The maximum absolute atomic E-state index is 12.0. The Balaban J connectivity index is 2.12. The van der Waals surface area contributed by atoms with Crippen LogP contribution in [0.5, 0.6) is 0 Å². The molecule has 0 spiro atoms. The number of rotatable bonds is 5. The van der Waals surface area contributed by atoms with Crippen LogP contribution in [0.25, 0.3) is 0 Å². The molecule has 0 aliphatic heterocycles. The highest BCUT2D eigenvalue weighted by Gasteiger charge is 2.15. The maximum Gasteiger partial charge on any atom is 0.273 e. The minimum atomic E-state index is -0.515. The molecule has 0 bridgehead atoms. The van der Waals surface area contributed by atoms with Crippen LogP contribution in [0.3, 0.4) is 0 Å². The molecule has 0 saturated carbocycles. The quantitative estimate of drug-likeness (QED) is 0.522. The molecule has 0 heterocycles. The van der Waals surface area contributed by atoms with Gasteiger partial charge < -0.3 is 5.32 Å². The molecule has 0 unspecified atom stereocenters. The van der Waals surface area contributed by atoms with Crippen LogP contribution in [0.2, 0.25) is 0 Å². The summed E-state index contributed by atoms with van der Waals surface area (Å²) in [6, 6.07) is 12.6. The number of ketones is 1. The first-order valence-electron chi connectivity index (χ1n) is 6.60. The van der Waals surface area contributed by atoms with E-state index < -0.39 is 4.92 Å². The highest BCUT2D eigenvalue weighted by Crippen LogP contribution is 2.19. The van der Waals surface area contributed by atoms with Gasteiger partial charge in [-0.15, -0.1) is 0 Å². The molecule has 0 fully saturated rings. The summed E-state index contributed by atoms with van der Waals surface area (Å²) < 4.78 is 0. The zero-order valence-corrected chi connectivity index (χ0v) is 11.9. The van der Waals surface area contributed by atoms with Gasteiger partial charge >= 0.3 is 0 Å². The number of nitrogens with one attached hydrogen (secondary N) is 1. The van der Waals surface area contributed by atoms with E-state index in [-0.39, 0.29) is 23.8 Å². The molecule has 1 N–H and O–H groups in total. The summed E-state index contributed by atoms with van der Waals surface area (Å²) in [5, 5.41) is 13.6. The third-order valence-electron chi connectivity index (χ3n) is 3.09. The molecular weight excluding hydrogens is 284 g/mol. The van der Waals surface area contributed by atoms with Crippen molar-refractivity contribution in [2.24, 2.45) is 0 Å². The number of nitro benzene ring substituents is 1. The van der Waals surface area contributed by atoms with E-state index in [2.05, 4.69) is 5.32 Å². The van der Waals surface area contributed by atoms with E-state index >= 15 is 0 Å². The molecule has 0 saturated heterocycles. The summed E-state index contributed by atoms with van der Waals surface area (Å²) in [6.07, 6.45) is -0.110. The minimum Gasteiger partial charge on any atom is -0.326 e. The minimum absolute atomic E-state index is 0.0878. The first-order chi connectivity index (χ1) is 10.5. The first kappa shape index (κ1) is 15.4. The lowest BCUT2D eigenvalue weighted by Crippen LogP contribution is -2.15. The van der Waals surface area contributed by atoms with Crippen LogP contribution < -0.4 is 5.32 Å². The molecule has 0 aliphatic carbocycles. The van der Waals surface area contributed by atoms with E-state index in [1.807, 2.05) is 0 Å². The van der Waals surface area contributed by atoms with Crippen molar-refractivity contribution in [2.45, 2.75) is 13.3 Å². The molecule has 6 heteroatoms. The number of nitro groups is 1. The number of carbonyl (C=O) groups is 2. The van der Waals surface area contributed by atoms with Gasteiger partial charge in [0.15, 0.2) is 5.78 Å². The number of amides is 1. The van der Waals surface area contributed by atoms with E-state index in [1.54, 1.807) is 42.5 Å². The zero-order valence-electron chi connectivity index (χ0n) is 11.9. The molecule has 2 aromatic rings. The van der Waals surface area contributed by atoms with Crippen LogP contribution >= 0.6 is 0 Å². The maximum atomic E-state index is 12.0. The van der Waals surface area contributed by atoms with E-state index in [0.29, 0.717) is 16.8 Å². The molecule has 22 heavy (non-hydrogen) atoms. The molecule has 0 aromatic heterocycles. The number of hydrogen-bond acceptors (Lipinski definition) is 4. The fourth-order valence-electron chi connectivity index (χ4n) is 2.03. The van der Waals surface area contributed by atoms with Gasteiger partial charge in [-0.3, -0.25) is 19.7 Å². The predicted octanol–water partition coefficient (Wildman–Crippen LogP) is 2.98. The van der Waals surface area contributed by atoms with Crippen molar-refractivity contribution in [1.82, 2.24) is 0 Å². The fourth-order valence-corrected chi connectivity index (χ4v) is 2.03. The lowest BCUT2D eigenvalue weighted by atomic mass is 10.1. The van der Waals surface area contributed by atoms with Crippen molar-refractivity contribution in [3.05, 3.63) is 69.8 Å². The Bertz CT molecular complexity index is 740. The zero-order chi connectivity index (χ0) is 16.1. The van der Waals surface area contributed by atoms with Crippen LogP contribution in [0.1, 0.15) is 22.8 Å². The molecule has 0 aliphatic rings. The monoisotopic (exact) mass is 298 g/mol. The second-order valence-corrected chi connectivity index (χ2v) is 4.75. The van der Waals surface area contributed by atoms with Crippen molar-refractivity contribution < 1.29 is 14.5 Å². The third-order valence-corrected chi connectivity index (χ3v) is 3.09. The lowest BCUT2D eigenvalue weighted by Gasteiger charge is -2.07. The van der Waals surface area contributed by atoms with Gasteiger partial charge in [-0.1, -0.05) is 30.3 Å². The third kappa shape index (κ3) is 3.76. The Kier molecular flexibility index (Phi) is 4.63. The van der Waals surface area contributed by atoms with Gasteiger partial charge in [-0.2, -0.15) is 0 Å². The van der Waals surface area contributed by atoms with Gasteiger partial charge in [0.2, 0.25) is 5.91 Å². The molecule has 112 valence electrons. The molecule has 6 nitrogen and oxygen atoms in total. The predicted molar refractivity (Wildman–Crippen MR) is 81.9 cm³/mol. The Hall–Kier alpha value is -3.02. The van der Waals surface area contributed by atoms with Crippen LogP contribution in [-0.2, 0) is 11.2 Å². The van der Waals surface area contributed by atoms with Crippen molar-refractivity contribution in [3.8, 4) is 0 Å². The lowest BCUT2D eigenvalue weighted by molar-refractivity contribution is -0.385. The largest absolute Gasteiger partial charge is 0.326 e. The number of anilines is 1. The van der Waals surface area contributed by atoms with Crippen molar-refractivity contribution in [2.75, 3.05) is 5.32 Å². The number of hydrogen-bond donors (Lipinski definition) is 1. The van der Waals surface area contributed by atoms with Crippen LogP contribution in [0.4, 0.5) is 11.4 Å². The van der Waals surface area contributed by atoms with E-state index in [9.17, 15) is 19.7 Å². The second-order valence-electron chi connectivity index (χ2n) is 4.75. The fraction of sp³-hybridized carbons (Fsp3) is 0.125. The number of Topliss-reactive ketones (excluding diaryl/α,β-unsaturated/α-hetero) is 1. The van der Waals surface area contributed by atoms with Gasteiger partial charge in [0, 0.05) is 22.9 Å². The van der Waals surface area contributed by atoms with Gasteiger partial charge in [-0.25, -0.2) is 0 Å². The van der Waals surface area contributed by atoms with Crippen molar-refractivity contribution >= 4 is 23.1 Å².